The van der Waals surface area contributed by atoms with Crippen molar-refractivity contribution < 1.29 is 4.42 Å². The van der Waals surface area contributed by atoms with Crippen molar-refractivity contribution in [3.8, 4) is 0 Å². The average molecular weight is 208 g/mol. The van der Waals surface area contributed by atoms with E-state index in [1.165, 1.54) is 38.0 Å². The van der Waals surface area contributed by atoms with E-state index in [0.717, 1.165) is 18.8 Å². The van der Waals surface area contributed by atoms with Crippen molar-refractivity contribution in [2.45, 2.75) is 26.3 Å². The zero-order valence-corrected chi connectivity index (χ0v) is 9.46. The van der Waals surface area contributed by atoms with Crippen LogP contribution in [-0.2, 0) is 6.54 Å². The minimum Gasteiger partial charge on any atom is -0.469 e. The van der Waals surface area contributed by atoms with Crippen LogP contribution in [0.5, 0.6) is 0 Å². The summed E-state index contributed by atoms with van der Waals surface area (Å²) in [7, 11) is 0. The fourth-order valence-electron chi connectivity index (χ4n) is 2.06. The van der Waals surface area contributed by atoms with Crippen LogP contribution in [0.3, 0.4) is 0 Å². The van der Waals surface area contributed by atoms with Crippen LogP contribution < -0.4 is 5.32 Å². The molecule has 1 aliphatic heterocycles. The van der Waals surface area contributed by atoms with Gasteiger partial charge in [0.1, 0.15) is 5.76 Å². The van der Waals surface area contributed by atoms with Crippen LogP contribution in [0.25, 0.3) is 0 Å². The predicted octanol–water partition coefficient (Wildman–Crippen LogP) is 1.77. The number of aryl methyl sites for hydroxylation is 1. The van der Waals surface area contributed by atoms with Crippen molar-refractivity contribution in [2.75, 3.05) is 26.2 Å². The summed E-state index contributed by atoms with van der Waals surface area (Å²) in [6.07, 6.45) is 4.51. The second-order valence-corrected chi connectivity index (χ2v) is 4.23. The largest absolute Gasteiger partial charge is 0.469 e. The molecule has 1 N–H and O–H groups in total. The van der Waals surface area contributed by atoms with Crippen LogP contribution in [0.2, 0.25) is 0 Å². The van der Waals surface area contributed by atoms with Gasteiger partial charge in [-0.05, 0) is 38.9 Å². The van der Waals surface area contributed by atoms with Gasteiger partial charge in [0.2, 0.25) is 0 Å². The first-order valence-electron chi connectivity index (χ1n) is 5.82. The van der Waals surface area contributed by atoms with Crippen LogP contribution in [0.1, 0.15) is 24.2 Å². The highest BCUT2D eigenvalue weighted by Gasteiger charge is 2.10. The van der Waals surface area contributed by atoms with Gasteiger partial charge in [-0.25, -0.2) is 0 Å². The Morgan fingerprint density at radius 2 is 2.20 bits per heavy atom. The van der Waals surface area contributed by atoms with E-state index in [9.17, 15) is 0 Å². The van der Waals surface area contributed by atoms with Crippen molar-refractivity contribution >= 4 is 0 Å². The topological polar surface area (TPSA) is 28.4 Å². The summed E-state index contributed by atoms with van der Waals surface area (Å²) in [6, 6.07) is 2.04. The molecule has 1 fully saturated rings. The van der Waals surface area contributed by atoms with Crippen molar-refractivity contribution in [3.05, 3.63) is 23.7 Å². The van der Waals surface area contributed by atoms with Gasteiger partial charge in [0, 0.05) is 25.2 Å². The summed E-state index contributed by atoms with van der Waals surface area (Å²) in [5, 5.41) is 3.45. The summed E-state index contributed by atoms with van der Waals surface area (Å²) in [5.74, 6) is 1.03. The summed E-state index contributed by atoms with van der Waals surface area (Å²) < 4.78 is 5.24. The van der Waals surface area contributed by atoms with Crippen molar-refractivity contribution in [3.63, 3.8) is 0 Å². The first kappa shape index (κ1) is 10.7. The SMILES string of the molecule is Cc1occc1CNCCN1CCCC1. The zero-order chi connectivity index (χ0) is 10.5. The van der Waals surface area contributed by atoms with Gasteiger partial charge in [-0.3, -0.25) is 0 Å². The summed E-state index contributed by atoms with van der Waals surface area (Å²) in [5.41, 5.74) is 1.27. The highest BCUT2D eigenvalue weighted by Crippen LogP contribution is 2.08. The van der Waals surface area contributed by atoms with Crippen LogP contribution in [0.15, 0.2) is 16.7 Å². The number of likely N-dealkylation sites (tertiary alicyclic amines) is 1. The molecule has 0 amide bonds. The molecule has 0 unspecified atom stereocenters. The Hall–Kier alpha value is -0.800. The molecule has 0 atom stereocenters. The first-order valence-corrected chi connectivity index (χ1v) is 5.82. The Kier molecular flexibility index (Phi) is 3.80. The van der Waals surface area contributed by atoms with E-state index in [4.69, 9.17) is 4.42 Å². The number of hydrogen-bond acceptors (Lipinski definition) is 3. The molecule has 0 aliphatic carbocycles. The highest BCUT2D eigenvalue weighted by molar-refractivity contribution is 5.14. The van der Waals surface area contributed by atoms with E-state index in [1.807, 2.05) is 13.0 Å². The van der Waals surface area contributed by atoms with Crippen molar-refractivity contribution in [2.24, 2.45) is 0 Å². The number of rotatable bonds is 5. The molecule has 0 bridgehead atoms. The lowest BCUT2D eigenvalue weighted by Gasteiger charge is -2.14. The molecule has 1 saturated heterocycles. The second-order valence-electron chi connectivity index (χ2n) is 4.23. The summed E-state index contributed by atoms with van der Waals surface area (Å²) in [6.45, 7) is 7.76. The van der Waals surface area contributed by atoms with Crippen molar-refractivity contribution in [1.82, 2.24) is 10.2 Å². The normalized spacial score (nSPS) is 17.4. The maximum atomic E-state index is 5.24. The highest BCUT2D eigenvalue weighted by atomic mass is 16.3. The molecule has 0 aromatic carbocycles. The van der Waals surface area contributed by atoms with E-state index in [-0.39, 0.29) is 0 Å². The third-order valence-corrected chi connectivity index (χ3v) is 3.09. The van der Waals surface area contributed by atoms with E-state index in [2.05, 4.69) is 10.2 Å². The maximum Gasteiger partial charge on any atom is 0.105 e. The molecule has 1 aliphatic rings. The Morgan fingerprint density at radius 3 is 2.87 bits per heavy atom. The monoisotopic (exact) mass is 208 g/mol. The third-order valence-electron chi connectivity index (χ3n) is 3.09. The standard InChI is InChI=1S/C12H20N2O/c1-11-12(4-9-15-11)10-13-5-8-14-6-2-3-7-14/h4,9,13H,2-3,5-8,10H2,1H3. The lowest BCUT2D eigenvalue weighted by atomic mass is 10.2. The lowest BCUT2D eigenvalue weighted by Crippen LogP contribution is -2.29. The third kappa shape index (κ3) is 3.08. The van der Waals surface area contributed by atoms with Gasteiger partial charge in [0.05, 0.1) is 6.26 Å². The fraction of sp³-hybridized carbons (Fsp3) is 0.667. The zero-order valence-electron chi connectivity index (χ0n) is 9.46. The van der Waals surface area contributed by atoms with Gasteiger partial charge in [0.25, 0.3) is 0 Å². The molecule has 2 rings (SSSR count). The van der Waals surface area contributed by atoms with Gasteiger partial charge >= 0.3 is 0 Å². The van der Waals surface area contributed by atoms with Gasteiger partial charge < -0.3 is 14.6 Å². The molecular formula is C12H20N2O. The number of nitrogens with one attached hydrogen (secondary N) is 1. The van der Waals surface area contributed by atoms with Gasteiger partial charge in [0.15, 0.2) is 0 Å². The Balaban J connectivity index is 1.60. The minimum atomic E-state index is 0.927. The van der Waals surface area contributed by atoms with E-state index in [0.29, 0.717) is 0 Å². The van der Waals surface area contributed by atoms with Crippen LogP contribution in [0.4, 0.5) is 0 Å². The van der Waals surface area contributed by atoms with Crippen LogP contribution >= 0.6 is 0 Å². The molecule has 15 heavy (non-hydrogen) atoms. The quantitative estimate of drug-likeness (QED) is 0.748. The molecule has 0 radical (unpaired) electrons. The van der Waals surface area contributed by atoms with Gasteiger partial charge in [-0.15, -0.1) is 0 Å². The second kappa shape index (κ2) is 5.33. The minimum absolute atomic E-state index is 0.927. The lowest BCUT2D eigenvalue weighted by molar-refractivity contribution is 0.335. The van der Waals surface area contributed by atoms with E-state index < -0.39 is 0 Å². The van der Waals surface area contributed by atoms with Crippen LogP contribution in [0, 0.1) is 6.92 Å². The number of furan rings is 1. The molecule has 0 spiro atoms. The van der Waals surface area contributed by atoms with Crippen molar-refractivity contribution in [1.29, 1.82) is 0 Å². The maximum absolute atomic E-state index is 5.24. The summed E-state index contributed by atoms with van der Waals surface area (Å²) in [4.78, 5) is 2.52. The number of hydrogen-bond donors (Lipinski definition) is 1. The van der Waals surface area contributed by atoms with Gasteiger partial charge in [-0.1, -0.05) is 0 Å². The fourth-order valence-corrected chi connectivity index (χ4v) is 2.06. The Bertz CT molecular complexity index is 290. The predicted molar refractivity (Wildman–Crippen MR) is 60.8 cm³/mol. The molecule has 1 aromatic heterocycles. The Labute approximate surface area is 91.4 Å². The van der Waals surface area contributed by atoms with E-state index >= 15 is 0 Å². The van der Waals surface area contributed by atoms with Crippen LogP contribution in [-0.4, -0.2) is 31.1 Å². The molecular weight excluding hydrogens is 188 g/mol. The molecule has 0 saturated carbocycles. The molecule has 84 valence electrons. The first-order chi connectivity index (χ1) is 7.36. The Morgan fingerprint density at radius 1 is 1.40 bits per heavy atom. The van der Waals surface area contributed by atoms with E-state index in [1.54, 1.807) is 6.26 Å². The number of nitrogens with zero attached hydrogens (tertiary/aromatic N) is 1. The average Bonchev–Trinajstić information content (AvgIpc) is 2.85. The molecule has 3 heteroatoms. The summed E-state index contributed by atoms with van der Waals surface area (Å²) >= 11 is 0. The molecule has 3 nitrogen and oxygen atoms in total. The molecule has 2 heterocycles. The van der Waals surface area contributed by atoms with Gasteiger partial charge in [-0.2, -0.15) is 0 Å². The smallest absolute Gasteiger partial charge is 0.105 e. The molecule has 1 aromatic rings.